The quantitative estimate of drug-likeness (QED) is 0.355. The average Bonchev–Trinajstić information content (AvgIpc) is 3.00. The van der Waals surface area contributed by atoms with E-state index in [9.17, 15) is 23.2 Å². The number of carbonyl (C=O) groups excluding carboxylic acids is 3. The summed E-state index contributed by atoms with van der Waals surface area (Å²) < 4.78 is 27.9. The van der Waals surface area contributed by atoms with Gasteiger partial charge in [0.05, 0.1) is 23.3 Å². The van der Waals surface area contributed by atoms with Gasteiger partial charge in [-0.2, -0.15) is 0 Å². The van der Waals surface area contributed by atoms with E-state index in [1.165, 1.54) is 16.7 Å². The first-order valence-corrected chi connectivity index (χ1v) is 11.3. The molecule has 0 unspecified atom stereocenters. The van der Waals surface area contributed by atoms with E-state index in [1.807, 2.05) is 12.2 Å². The first-order valence-electron chi connectivity index (χ1n) is 9.55. The maximum atomic E-state index is 13.8. The van der Waals surface area contributed by atoms with Crippen molar-refractivity contribution in [3.8, 4) is 0 Å². The fraction of sp³-hybridized carbons (Fsp3) is 0.227. The van der Waals surface area contributed by atoms with Crippen molar-refractivity contribution in [1.82, 2.24) is 0 Å². The fourth-order valence-electron chi connectivity index (χ4n) is 3.73. The summed E-state index contributed by atoms with van der Waals surface area (Å²) in [5.41, 5.74) is 0.00312. The summed E-state index contributed by atoms with van der Waals surface area (Å²) in [5.74, 6) is -3.32. The molecule has 3 amide bonds. The second kappa shape index (κ2) is 8.92. The summed E-state index contributed by atoms with van der Waals surface area (Å²) in [6.45, 7) is 0. The van der Waals surface area contributed by atoms with Crippen molar-refractivity contribution in [2.45, 2.75) is 17.7 Å². The van der Waals surface area contributed by atoms with Gasteiger partial charge in [-0.15, -0.1) is 11.8 Å². The van der Waals surface area contributed by atoms with Gasteiger partial charge in [-0.3, -0.25) is 19.3 Å². The number of halogens is 3. The van der Waals surface area contributed by atoms with Gasteiger partial charge in [-0.1, -0.05) is 28.1 Å². The largest absolute Gasteiger partial charge is 0.320 e. The molecule has 1 N–H and O–H groups in total. The van der Waals surface area contributed by atoms with E-state index in [0.717, 1.165) is 12.1 Å². The molecule has 1 fully saturated rings. The van der Waals surface area contributed by atoms with Crippen LogP contribution in [0.25, 0.3) is 0 Å². The van der Waals surface area contributed by atoms with E-state index in [1.54, 1.807) is 24.3 Å². The Bertz CT molecular complexity index is 1040. The zero-order chi connectivity index (χ0) is 22.1. The normalized spacial score (nSPS) is 20.2. The molecule has 1 aliphatic carbocycles. The monoisotopic (exact) mass is 506 g/mol. The summed E-state index contributed by atoms with van der Waals surface area (Å²) in [6, 6.07) is 8.86. The van der Waals surface area contributed by atoms with Crippen molar-refractivity contribution < 1.29 is 23.2 Å². The molecule has 1 saturated heterocycles. The third-order valence-electron chi connectivity index (χ3n) is 5.24. The number of fused-ring (bicyclic) bond motifs is 1. The van der Waals surface area contributed by atoms with Crippen LogP contribution >= 0.6 is 27.7 Å². The molecule has 0 bridgehead atoms. The second-order valence-corrected chi connectivity index (χ2v) is 9.21. The van der Waals surface area contributed by atoms with Gasteiger partial charge in [-0.05, 0) is 49.2 Å². The van der Waals surface area contributed by atoms with Crippen molar-refractivity contribution in [3.05, 3.63) is 64.7 Å². The first-order chi connectivity index (χ1) is 14.8. The van der Waals surface area contributed by atoms with E-state index < -0.39 is 23.2 Å². The Morgan fingerprint density at radius 2 is 1.58 bits per heavy atom. The lowest BCUT2D eigenvalue weighted by Crippen LogP contribution is -2.30. The number of nitrogens with zero attached hydrogens (tertiary/aromatic N) is 1. The molecule has 0 aromatic heterocycles. The molecule has 2 aromatic carbocycles. The predicted octanol–water partition coefficient (Wildman–Crippen LogP) is 4.91. The van der Waals surface area contributed by atoms with Crippen LogP contribution in [0.15, 0.2) is 57.9 Å². The van der Waals surface area contributed by atoms with Crippen LogP contribution in [0.5, 0.6) is 0 Å². The van der Waals surface area contributed by atoms with Crippen LogP contribution < -0.4 is 10.2 Å². The topological polar surface area (TPSA) is 66.5 Å². The number of hydrogen-bond acceptors (Lipinski definition) is 4. The van der Waals surface area contributed by atoms with Gasteiger partial charge in [0.1, 0.15) is 5.69 Å². The second-order valence-electron chi connectivity index (χ2n) is 7.24. The molecular weight excluding hydrogens is 490 g/mol. The van der Waals surface area contributed by atoms with Crippen LogP contribution in [0.1, 0.15) is 12.8 Å². The summed E-state index contributed by atoms with van der Waals surface area (Å²) in [6.07, 6.45) is 5.03. The standard InChI is InChI=1S/C22H17BrF2N2O3S/c23-12-9-17(24)20(18(25)10-12)26-19(28)11-31-14-7-5-13(6-8-14)27-21(29)15-3-1-2-4-16(15)22(27)30/h1-2,5-10,15-16H,3-4,11H2,(H,26,28)/t15-,16-/m1/s1. The van der Waals surface area contributed by atoms with Crippen molar-refractivity contribution in [2.24, 2.45) is 11.8 Å². The molecule has 0 radical (unpaired) electrons. The number of thioether (sulfide) groups is 1. The molecule has 2 atom stereocenters. The van der Waals surface area contributed by atoms with Gasteiger partial charge in [0.25, 0.3) is 0 Å². The number of benzene rings is 2. The van der Waals surface area contributed by atoms with Crippen LogP contribution in [0, 0.1) is 23.5 Å². The lowest BCUT2D eigenvalue weighted by Gasteiger charge is -2.15. The molecule has 5 nitrogen and oxygen atoms in total. The van der Waals surface area contributed by atoms with Crippen LogP contribution in [0.4, 0.5) is 20.2 Å². The van der Waals surface area contributed by atoms with Gasteiger partial charge >= 0.3 is 0 Å². The lowest BCUT2D eigenvalue weighted by atomic mass is 9.85. The molecule has 2 aromatic rings. The Labute approximate surface area is 190 Å². The Morgan fingerprint density at radius 3 is 2.13 bits per heavy atom. The number of hydrogen-bond donors (Lipinski definition) is 1. The Kier molecular flexibility index (Phi) is 6.24. The minimum atomic E-state index is -0.870. The summed E-state index contributed by atoms with van der Waals surface area (Å²) in [5, 5.41) is 2.24. The van der Waals surface area contributed by atoms with E-state index >= 15 is 0 Å². The summed E-state index contributed by atoms with van der Waals surface area (Å²) >= 11 is 4.16. The molecule has 2 aliphatic rings. The Morgan fingerprint density at radius 1 is 1.03 bits per heavy atom. The fourth-order valence-corrected chi connectivity index (χ4v) is 4.83. The van der Waals surface area contributed by atoms with Crippen LogP contribution in [0.2, 0.25) is 0 Å². The molecule has 1 heterocycles. The third-order valence-corrected chi connectivity index (χ3v) is 6.71. The number of rotatable bonds is 5. The highest BCUT2D eigenvalue weighted by atomic mass is 79.9. The molecule has 31 heavy (non-hydrogen) atoms. The maximum Gasteiger partial charge on any atom is 0.238 e. The highest BCUT2D eigenvalue weighted by molar-refractivity contribution is 9.10. The van der Waals surface area contributed by atoms with E-state index in [-0.39, 0.29) is 33.9 Å². The number of amides is 3. The maximum absolute atomic E-state index is 13.8. The number of anilines is 2. The summed E-state index contributed by atoms with van der Waals surface area (Å²) in [7, 11) is 0. The van der Waals surface area contributed by atoms with Crippen LogP contribution in [-0.4, -0.2) is 23.5 Å². The molecule has 9 heteroatoms. The highest BCUT2D eigenvalue weighted by Gasteiger charge is 2.47. The van der Waals surface area contributed by atoms with Crippen molar-refractivity contribution in [3.63, 3.8) is 0 Å². The van der Waals surface area contributed by atoms with Gasteiger partial charge in [-0.25, -0.2) is 8.78 Å². The van der Waals surface area contributed by atoms with Crippen LogP contribution in [0.3, 0.4) is 0 Å². The minimum Gasteiger partial charge on any atom is -0.320 e. The zero-order valence-corrected chi connectivity index (χ0v) is 18.5. The van der Waals surface area contributed by atoms with Gasteiger partial charge in [0.2, 0.25) is 17.7 Å². The lowest BCUT2D eigenvalue weighted by molar-refractivity contribution is -0.122. The number of imide groups is 1. The molecule has 4 rings (SSSR count). The predicted molar refractivity (Wildman–Crippen MR) is 118 cm³/mol. The molecule has 0 saturated carbocycles. The first kappa shape index (κ1) is 21.7. The van der Waals surface area contributed by atoms with Gasteiger partial charge < -0.3 is 5.32 Å². The van der Waals surface area contributed by atoms with Gasteiger partial charge in [0, 0.05) is 9.37 Å². The zero-order valence-electron chi connectivity index (χ0n) is 16.1. The number of carbonyl (C=O) groups is 3. The molecular formula is C22H17BrF2N2O3S. The Hall–Kier alpha value is -2.52. The molecule has 0 spiro atoms. The molecule has 160 valence electrons. The number of nitrogens with one attached hydrogen (secondary N) is 1. The third kappa shape index (κ3) is 4.43. The number of allylic oxidation sites excluding steroid dienone is 2. The van der Waals surface area contributed by atoms with Gasteiger partial charge in [0.15, 0.2) is 11.6 Å². The minimum absolute atomic E-state index is 0.0638. The van der Waals surface area contributed by atoms with E-state index in [4.69, 9.17) is 0 Å². The molecule has 1 aliphatic heterocycles. The van der Waals surface area contributed by atoms with Crippen molar-refractivity contribution in [1.29, 1.82) is 0 Å². The van der Waals surface area contributed by atoms with Crippen molar-refractivity contribution in [2.75, 3.05) is 16.0 Å². The van der Waals surface area contributed by atoms with E-state index in [2.05, 4.69) is 21.2 Å². The highest BCUT2D eigenvalue weighted by Crippen LogP contribution is 2.38. The van der Waals surface area contributed by atoms with Crippen molar-refractivity contribution >= 4 is 56.8 Å². The van der Waals surface area contributed by atoms with Crippen LogP contribution in [-0.2, 0) is 14.4 Å². The van der Waals surface area contributed by atoms with E-state index in [0.29, 0.717) is 23.4 Å². The smallest absolute Gasteiger partial charge is 0.238 e. The SMILES string of the molecule is O=C(CSc1ccc(N2C(=O)[C@@H]3CC=CC[C@H]3C2=O)cc1)Nc1c(F)cc(Br)cc1F. The summed E-state index contributed by atoms with van der Waals surface area (Å²) in [4.78, 5) is 39.4. The Balaban J connectivity index is 1.38. The average molecular weight is 507 g/mol.